The van der Waals surface area contributed by atoms with Gasteiger partial charge in [0.2, 0.25) is 0 Å². The maximum absolute atomic E-state index is 11.5. The first-order valence-corrected chi connectivity index (χ1v) is 5.59. The molecule has 0 amide bonds. The number of rotatable bonds is 4. The predicted octanol–water partition coefficient (Wildman–Crippen LogP) is 2.96. The summed E-state index contributed by atoms with van der Waals surface area (Å²) in [5.74, 6) is 1.40. The summed E-state index contributed by atoms with van der Waals surface area (Å²) in [6, 6.07) is 5.30. The van der Waals surface area contributed by atoms with Crippen LogP contribution in [-0.4, -0.2) is 18.6 Å². The Morgan fingerprint density at radius 2 is 2.29 bits per heavy atom. The van der Waals surface area contributed by atoms with E-state index in [0.717, 1.165) is 10.2 Å². The third-order valence-electron chi connectivity index (χ3n) is 1.81. The van der Waals surface area contributed by atoms with Crippen LogP contribution in [0.4, 0.5) is 0 Å². The highest BCUT2D eigenvalue weighted by Gasteiger charge is 2.07. The first kappa shape index (κ1) is 11.6. The number of halogens is 1. The van der Waals surface area contributed by atoms with Crippen LogP contribution in [0, 0.1) is 0 Å². The van der Waals surface area contributed by atoms with Crippen molar-refractivity contribution in [3.63, 3.8) is 0 Å². The fourth-order valence-electron chi connectivity index (χ4n) is 1.09. The smallest absolute Gasteiger partial charge is 0.163 e. The Morgan fingerprint density at radius 3 is 2.79 bits per heavy atom. The topological polar surface area (TPSA) is 26.3 Å². The maximum atomic E-state index is 11.5. The Labute approximate surface area is 97.2 Å². The van der Waals surface area contributed by atoms with Gasteiger partial charge in [0.25, 0.3) is 0 Å². The second-order valence-electron chi connectivity index (χ2n) is 2.75. The van der Waals surface area contributed by atoms with E-state index in [-0.39, 0.29) is 5.78 Å². The first-order chi connectivity index (χ1) is 6.69. The number of thiol groups is 1. The number of carbonyl (C=O) groups excluding carboxylic acids is 1. The molecule has 1 aromatic carbocycles. The number of Topliss-reactive ketones (excluding diaryl/α,β-unsaturated/α-hetero) is 1. The molecule has 1 rings (SSSR count). The Morgan fingerprint density at radius 1 is 1.57 bits per heavy atom. The van der Waals surface area contributed by atoms with Gasteiger partial charge in [0.05, 0.1) is 11.6 Å². The van der Waals surface area contributed by atoms with Gasteiger partial charge < -0.3 is 4.74 Å². The van der Waals surface area contributed by atoms with Crippen LogP contribution in [-0.2, 0) is 0 Å². The van der Waals surface area contributed by atoms with E-state index in [4.69, 9.17) is 4.74 Å². The van der Waals surface area contributed by atoms with Gasteiger partial charge in [-0.2, -0.15) is 12.6 Å². The number of hydrogen-bond acceptors (Lipinski definition) is 3. The molecular weight excluding hydrogens is 264 g/mol. The van der Waals surface area contributed by atoms with Crippen LogP contribution < -0.4 is 4.74 Å². The lowest BCUT2D eigenvalue weighted by Gasteiger charge is -2.04. The Balaban J connectivity index is 2.91. The molecule has 76 valence electrons. The van der Waals surface area contributed by atoms with Crippen LogP contribution in [0.2, 0.25) is 0 Å². The van der Waals surface area contributed by atoms with Gasteiger partial charge >= 0.3 is 0 Å². The standard InChI is InChI=1S/C10H11BrO2S/c1-13-10-3-2-7(6-8(10)11)9(12)4-5-14/h2-3,6,14H,4-5H2,1H3. The zero-order chi connectivity index (χ0) is 10.6. The monoisotopic (exact) mass is 274 g/mol. The molecule has 0 aliphatic rings. The van der Waals surface area contributed by atoms with E-state index in [0.29, 0.717) is 17.7 Å². The molecule has 2 nitrogen and oxygen atoms in total. The molecule has 0 saturated carbocycles. The molecule has 1 aromatic rings. The van der Waals surface area contributed by atoms with Gasteiger partial charge in [-0.25, -0.2) is 0 Å². The molecule has 0 aliphatic heterocycles. The number of hydrogen-bond donors (Lipinski definition) is 1. The van der Waals surface area contributed by atoms with Gasteiger partial charge in [0.1, 0.15) is 5.75 Å². The van der Waals surface area contributed by atoms with E-state index >= 15 is 0 Å². The van der Waals surface area contributed by atoms with Gasteiger partial charge in [0, 0.05) is 12.0 Å². The molecule has 0 N–H and O–H groups in total. The second-order valence-corrected chi connectivity index (χ2v) is 4.05. The molecule has 0 spiro atoms. The molecular formula is C10H11BrO2S. The molecule has 4 heteroatoms. The molecule has 0 heterocycles. The summed E-state index contributed by atoms with van der Waals surface area (Å²) in [5.41, 5.74) is 0.687. The SMILES string of the molecule is COc1ccc(C(=O)CCS)cc1Br. The minimum absolute atomic E-state index is 0.100. The highest BCUT2D eigenvalue weighted by molar-refractivity contribution is 9.10. The van der Waals surface area contributed by atoms with Crippen molar-refractivity contribution in [1.82, 2.24) is 0 Å². The van der Waals surface area contributed by atoms with E-state index in [1.165, 1.54) is 0 Å². The van der Waals surface area contributed by atoms with Crippen LogP contribution in [0.1, 0.15) is 16.8 Å². The lowest BCUT2D eigenvalue weighted by Crippen LogP contribution is -1.99. The Bertz CT molecular complexity index is 339. The van der Waals surface area contributed by atoms with Crippen molar-refractivity contribution in [2.75, 3.05) is 12.9 Å². The van der Waals surface area contributed by atoms with Crippen LogP contribution in [0.25, 0.3) is 0 Å². The maximum Gasteiger partial charge on any atom is 0.163 e. The fourth-order valence-corrected chi connectivity index (χ4v) is 1.83. The molecule has 0 saturated heterocycles. The van der Waals surface area contributed by atoms with Gasteiger partial charge in [-0.05, 0) is 39.9 Å². The van der Waals surface area contributed by atoms with Crippen molar-refractivity contribution >= 4 is 34.3 Å². The average molecular weight is 275 g/mol. The minimum atomic E-state index is 0.100. The summed E-state index contributed by atoms with van der Waals surface area (Å²) in [6.07, 6.45) is 0.460. The van der Waals surface area contributed by atoms with Crippen molar-refractivity contribution < 1.29 is 9.53 Å². The quantitative estimate of drug-likeness (QED) is 0.675. The Kier molecular flexibility index (Phi) is 4.48. The second kappa shape index (κ2) is 5.41. The highest BCUT2D eigenvalue weighted by atomic mass is 79.9. The number of carbonyl (C=O) groups is 1. The zero-order valence-electron chi connectivity index (χ0n) is 7.79. The molecule has 0 aliphatic carbocycles. The normalized spacial score (nSPS) is 9.93. The molecule has 0 fully saturated rings. The molecule has 0 bridgehead atoms. The van der Waals surface area contributed by atoms with Crippen LogP contribution in [0.15, 0.2) is 22.7 Å². The summed E-state index contributed by atoms with van der Waals surface area (Å²) >= 11 is 7.35. The average Bonchev–Trinajstić information content (AvgIpc) is 2.18. The summed E-state index contributed by atoms with van der Waals surface area (Å²) in [5, 5.41) is 0. The Hall–Kier alpha value is -0.480. The van der Waals surface area contributed by atoms with E-state index in [1.54, 1.807) is 25.3 Å². The van der Waals surface area contributed by atoms with Crippen LogP contribution >= 0.6 is 28.6 Å². The molecule has 0 radical (unpaired) electrons. The van der Waals surface area contributed by atoms with Crippen molar-refractivity contribution in [2.45, 2.75) is 6.42 Å². The van der Waals surface area contributed by atoms with Crippen LogP contribution in [0.5, 0.6) is 5.75 Å². The predicted molar refractivity (Wildman–Crippen MR) is 63.5 cm³/mol. The van der Waals surface area contributed by atoms with Gasteiger partial charge in [0.15, 0.2) is 5.78 Å². The number of ketones is 1. The van der Waals surface area contributed by atoms with Crippen molar-refractivity contribution in [1.29, 1.82) is 0 Å². The van der Waals surface area contributed by atoms with E-state index in [9.17, 15) is 4.79 Å². The van der Waals surface area contributed by atoms with Gasteiger partial charge in [-0.3, -0.25) is 4.79 Å². The third-order valence-corrected chi connectivity index (χ3v) is 2.66. The van der Waals surface area contributed by atoms with E-state index in [2.05, 4.69) is 28.6 Å². The number of benzene rings is 1. The largest absolute Gasteiger partial charge is 0.496 e. The summed E-state index contributed by atoms with van der Waals surface area (Å²) < 4.78 is 5.86. The summed E-state index contributed by atoms with van der Waals surface area (Å²) in [7, 11) is 1.59. The van der Waals surface area contributed by atoms with E-state index < -0.39 is 0 Å². The van der Waals surface area contributed by atoms with Crippen molar-refractivity contribution in [2.24, 2.45) is 0 Å². The number of methoxy groups -OCH3 is 1. The zero-order valence-corrected chi connectivity index (χ0v) is 10.3. The lowest BCUT2D eigenvalue weighted by molar-refractivity contribution is 0.0989. The highest BCUT2D eigenvalue weighted by Crippen LogP contribution is 2.25. The van der Waals surface area contributed by atoms with Crippen molar-refractivity contribution in [3.05, 3.63) is 28.2 Å². The molecule has 0 unspecified atom stereocenters. The van der Waals surface area contributed by atoms with Gasteiger partial charge in [-0.1, -0.05) is 0 Å². The third kappa shape index (κ3) is 2.75. The fraction of sp³-hybridized carbons (Fsp3) is 0.300. The minimum Gasteiger partial charge on any atom is -0.496 e. The first-order valence-electron chi connectivity index (χ1n) is 4.16. The molecule has 0 atom stereocenters. The summed E-state index contributed by atoms with van der Waals surface area (Å²) in [4.78, 5) is 11.5. The van der Waals surface area contributed by atoms with Gasteiger partial charge in [-0.15, -0.1) is 0 Å². The van der Waals surface area contributed by atoms with E-state index in [1.807, 2.05) is 0 Å². The molecule has 0 aromatic heterocycles. The molecule has 14 heavy (non-hydrogen) atoms. The summed E-state index contributed by atoms with van der Waals surface area (Å²) in [6.45, 7) is 0. The lowest BCUT2D eigenvalue weighted by atomic mass is 10.1. The van der Waals surface area contributed by atoms with Crippen LogP contribution in [0.3, 0.4) is 0 Å². The van der Waals surface area contributed by atoms with Crippen molar-refractivity contribution in [3.8, 4) is 5.75 Å². The number of ether oxygens (including phenoxy) is 1.